The van der Waals surface area contributed by atoms with E-state index in [0.717, 1.165) is 32.1 Å². The molecule has 1 aliphatic rings. The highest BCUT2D eigenvalue weighted by atomic mass is 16.2. The van der Waals surface area contributed by atoms with E-state index in [9.17, 15) is 14.4 Å². The number of carbonyl (C=O) groups is 1. The van der Waals surface area contributed by atoms with Crippen molar-refractivity contribution in [2.75, 3.05) is 5.32 Å². The number of anilines is 1. The van der Waals surface area contributed by atoms with Gasteiger partial charge in [0.15, 0.2) is 0 Å². The lowest BCUT2D eigenvalue weighted by molar-refractivity contribution is -0.114. The second kappa shape index (κ2) is 8.65. The molecule has 2 N–H and O–H groups in total. The monoisotopic (exact) mass is 345 g/mol. The molecule has 1 aromatic heterocycles. The van der Waals surface area contributed by atoms with Gasteiger partial charge in [-0.15, -0.1) is 0 Å². The number of nitrogens with one attached hydrogen (secondary N) is 2. The van der Waals surface area contributed by atoms with E-state index in [-0.39, 0.29) is 23.2 Å². The lowest BCUT2D eigenvalue weighted by Crippen LogP contribution is -2.38. The van der Waals surface area contributed by atoms with Crippen LogP contribution < -0.4 is 16.6 Å². The molecule has 1 heterocycles. The molecule has 1 aliphatic carbocycles. The fourth-order valence-electron chi connectivity index (χ4n) is 3.18. The maximum atomic E-state index is 12.7. The van der Waals surface area contributed by atoms with Crippen molar-refractivity contribution in [1.82, 2.24) is 9.55 Å². The number of H-pyrrole nitrogens is 1. The van der Waals surface area contributed by atoms with Gasteiger partial charge in [-0.05, 0) is 31.0 Å². The Labute approximate surface area is 147 Å². The molecule has 0 aliphatic heterocycles. The van der Waals surface area contributed by atoms with Crippen molar-refractivity contribution >= 4 is 22.5 Å². The Hall–Kier alpha value is -2.37. The van der Waals surface area contributed by atoms with Crippen molar-refractivity contribution in [3.8, 4) is 0 Å². The third kappa shape index (κ3) is 4.59. The predicted octanol–water partition coefficient (Wildman–Crippen LogP) is 3.57. The van der Waals surface area contributed by atoms with E-state index in [4.69, 9.17) is 0 Å². The molecule has 2 aromatic rings. The Balaban J connectivity index is 0.000000701. The average Bonchev–Trinajstić information content (AvgIpc) is 2.57. The largest absolute Gasteiger partial charge is 0.329 e. The molecule has 0 radical (unpaired) electrons. The van der Waals surface area contributed by atoms with Gasteiger partial charge in [-0.2, -0.15) is 0 Å². The summed E-state index contributed by atoms with van der Waals surface area (Å²) in [6, 6.07) is 4.91. The van der Waals surface area contributed by atoms with Crippen molar-refractivity contribution in [2.24, 2.45) is 0 Å². The molecule has 1 aromatic carbocycles. The maximum Gasteiger partial charge on any atom is 0.329 e. The molecule has 1 amide bonds. The van der Waals surface area contributed by atoms with Crippen LogP contribution in [0.4, 0.5) is 5.69 Å². The van der Waals surface area contributed by atoms with Gasteiger partial charge in [-0.25, -0.2) is 4.79 Å². The molecular weight excluding hydrogens is 318 g/mol. The van der Waals surface area contributed by atoms with Crippen LogP contribution in [0.2, 0.25) is 0 Å². The molecule has 6 heteroatoms. The second-order valence-electron chi connectivity index (χ2n) is 6.55. The fraction of sp³-hybridized carbons (Fsp3) is 0.526. The van der Waals surface area contributed by atoms with Crippen molar-refractivity contribution < 1.29 is 4.79 Å². The van der Waals surface area contributed by atoms with Crippen LogP contribution in [0.25, 0.3) is 10.9 Å². The molecule has 0 bridgehead atoms. The quantitative estimate of drug-likeness (QED) is 0.872. The van der Waals surface area contributed by atoms with Crippen LogP contribution in [-0.2, 0) is 4.79 Å². The van der Waals surface area contributed by atoms with Gasteiger partial charge in [-0.1, -0.05) is 39.5 Å². The topological polar surface area (TPSA) is 84.0 Å². The van der Waals surface area contributed by atoms with Gasteiger partial charge in [-0.3, -0.25) is 14.2 Å². The first-order chi connectivity index (χ1) is 12.0. The van der Waals surface area contributed by atoms with E-state index in [1.807, 2.05) is 0 Å². The summed E-state index contributed by atoms with van der Waals surface area (Å²) in [7, 11) is 0. The molecule has 6 nitrogen and oxygen atoms in total. The molecule has 0 unspecified atom stereocenters. The zero-order valence-electron chi connectivity index (χ0n) is 15.2. The van der Waals surface area contributed by atoms with Gasteiger partial charge >= 0.3 is 5.69 Å². The minimum Gasteiger partial charge on any atom is -0.326 e. The van der Waals surface area contributed by atoms with Gasteiger partial charge in [0.25, 0.3) is 5.56 Å². The van der Waals surface area contributed by atoms with Gasteiger partial charge in [0.2, 0.25) is 5.91 Å². The first kappa shape index (κ1) is 19.0. The SMILES string of the molecule is CC(=O)Nc1ccc2[nH]c(=O)n(C3CCCCC3)c(=O)c2c1.CCC. The van der Waals surface area contributed by atoms with Crippen molar-refractivity contribution in [1.29, 1.82) is 0 Å². The zero-order valence-corrected chi connectivity index (χ0v) is 15.2. The summed E-state index contributed by atoms with van der Waals surface area (Å²) in [5, 5.41) is 3.09. The number of aromatic amines is 1. The third-order valence-electron chi connectivity index (χ3n) is 4.19. The zero-order chi connectivity index (χ0) is 18.4. The van der Waals surface area contributed by atoms with Crippen LogP contribution in [-0.4, -0.2) is 15.5 Å². The lowest BCUT2D eigenvalue weighted by atomic mass is 9.95. The Morgan fingerprint density at radius 1 is 1.20 bits per heavy atom. The van der Waals surface area contributed by atoms with Crippen LogP contribution in [0, 0.1) is 0 Å². The minimum atomic E-state index is -0.350. The van der Waals surface area contributed by atoms with Crippen LogP contribution in [0.1, 0.15) is 65.3 Å². The van der Waals surface area contributed by atoms with Crippen LogP contribution in [0.3, 0.4) is 0 Å². The van der Waals surface area contributed by atoms with Crippen LogP contribution >= 0.6 is 0 Å². The van der Waals surface area contributed by atoms with Crippen molar-refractivity contribution in [3.05, 3.63) is 39.0 Å². The molecule has 1 saturated carbocycles. The van der Waals surface area contributed by atoms with E-state index in [2.05, 4.69) is 24.1 Å². The molecule has 136 valence electrons. The number of benzene rings is 1. The number of aromatic nitrogens is 2. The minimum absolute atomic E-state index is 0.0289. The highest BCUT2D eigenvalue weighted by molar-refractivity contribution is 5.91. The first-order valence-electron chi connectivity index (χ1n) is 9.04. The average molecular weight is 345 g/mol. The molecule has 0 spiro atoms. The Kier molecular flexibility index (Phi) is 6.56. The van der Waals surface area contributed by atoms with E-state index < -0.39 is 0 Å². The standard InChI is InChI=1S/C16H19N3O3.C3H8/c1-10(20)17-11-7-8-14-13(9-11)15(21)19(16(22)18-14)12-5-3-2-4-6-12;1-3-2/h7-9,12H,2-6H2,1H3,(H,17,20)(H,18,22);3H2,1-2H3. The number of rotatable bonds is 2. The summed E-state index contributed by atoms with van der Waals surface area (Å²) in [5.41, 5.74) is 0.421. The van der Waals surface area contributed by atoms with E-state index in [0.29, 0.717) is 16.6 Å². The molecule has 3 rings (SSSR count). The Morgan fingerprint density at radius 3 is 2.44 bits per heavy atom. The molecule has 25 heavy (non-hydrogen) atoms. The number of nitrogens with zero attached hydrogens (tertiary/aromatic N) is 1. The highest BCUT2D eigenvalue weighted by Crippen LogP contribution is 2.26. The number of fused-ring (bicyclic) bond motifs is 1. The maximum absolute atomic E-state index is 12.7. The summed E-state index contributed by atoms with van der Waals surface area (Å²) in [4.78, 5) is 38.9. The first-order valence-corrected chi connectivity index (χ1v) is 9.04. The van der Waals surface area contributed by atoms with Crippen LogP contribution in [0.15, 0.2) is 27.8 Å². The third-order valence-corrected chi connectivity index (χ3v) is 4.19. The molecule has 1 fully saturated rings. The molecule has 0 atom stereocenters. The van der Waals surface area contributed by atoms with Gasteiger partial charge in [0, 0.05) is 18.7 Å². The second-order valence-corrected chi connectivity index (χ2v) is 6.55. The van der Waals surface area contributed by atoms with Crippen LogP contribution in [0.5, 0.6) is 0 Å². The van der Waals surface area contributed by atoms with Gasteiger partial charge in [0.1, 0.15) is 0 Å². The van der Waals surface area contributed by atoms with Crippen molar-refractivity contribution in [2.45, 2.75) is 65.3 Å². The van der Waals surface area contributed by atoms with E-state index in [1.165, 1.54) is 17.9 Å². The number of carbonyl (C=O) groups excluding carboxylic acids is 1. The number of hydrogen-bond donors (Lipinski definition) is 2. The Morgan fingerprint density at radius 2 is 1.84 bits per heavy atom. The fourth-order valence-corrected chi connectivity index (χ4v) is 3.18. The lowest BCUT2D eigenvalue weighted by Gasteiger charge is -2.23. The van der Waals surface area contributed by atoms with Gasteiger partial charge in [0.05, 0.1) is 10.9 Å². The summed E-state index contributed by atoms with van der Waals surface area (Å²) in [6.07, 6.45) is 6.21. The van der Waals surface area contributed by atoms with E-state index in [1.54, 1.807) is 18.2 Å². The Bertz CT molecular complexity index is 845. The predicted molar refractivity (Wildman–Crippen MR) is 101 cm³/mol. The molecular formula is C19H27N3O3. The number of amides is 1. The summed E-state index contributed by atoms with van der Waals surface area (Å²) >= 11 is 0. The van der Waals surface area contributed by atoms with Crippen molar-refractivity contribution in [3.63, 3.8) is 0 Å². The summed E-state index contributed by atoms with van der Waals surface area (Å²) < 4.78 is 1.35. The normalized spacial score (nSPS) is 14.7. The highest BCUT2D eigenvalue weighted by Gasteiger charge is 2.20. The van der Waals surface area contributed by atoms with E-state index >= 15 is 0 Å². The smallest absolute Gasteiger partial charge is 0.326 e. The van der Waals surface area contributed by atoms with Gasteiger partial charge < -0.3 is 10.3 Å². The summed E-state index contributed by atoms with van der Waals surface area (Å²) in [5.74, 6) is -0.198. The summed E-state index contributed by atoms with van der Waals surface area (Å²) in [6.45, 7) is 5.66. The molecule has 0 saturated heterocycles. The number of hydrogen-bond acceptors (Lipinski definition) is 3.